The predicted molar refractivity (Wildman–Crippen MR) is 74.8 cm³/mol. The smallest absolute Gasteiger partial charge is 0.161 e. The van der Waals surface area contributed by atoms with Crippen LogP contribution in [0.2, 0.25) is 0 Å². The zero-order chi connectivity index (χ0) is 12.5. The van der Waals surface area contributed by atoms with Crippen LogP contribution in [0.25, 0.3) is 5.65 Å². The second kappa shape index (κ2) is 4.97. The van der Waals surface area contributed by atoms with Crippen molar-refractivity contribution in [2.75, 3.05) is 19.6 Å². The lowest BCUT2D eigenvalue weighted by Gasteiger charge is -2.30. The lowest BCUT2D eigenvalue weighted by molar-refractivity contribution is 0.218. The lowest BCUT2D eigenvalue weighted by atomic mass is 9.96. The molecule has 18 heavy (non-hydrogen) atoms. The van der Waals surface area contributed by atoms with Crippen LogP contribution in [0.15, 0.2) is 22.8 Å². The van der Waals surface area contributed by atoms with Gasteiger partial charge < -0.3 is 4.90 Å². The minimum Gasteiger partial charge on any atom is -0.304 e. The van der Waals surface area contributed by atoms with Crippen LogP contribution in [0.4, 0.5) is 0 Å². The Morgan fingerprint density at radius 1 is 1.28 bits per heavy atom. The maximum Gasteiger partial charge on any atom is 0.161 e. The minimum atomic E-state index is 0.529. The van der Waals surface area contributed by atoms with Gasteiger partial charge in [0, 0.05) is 5.92 Å². The number of halogens is 1. The molecule has 0 atom stereocenters. The zero-order valence-electron chi connectivity index (χ0n) is 10.5. The highest BCUT2D eigenvalue weighted by atomic mass is 79.9. The first-order chi connectivity index (χ1) is 8.79. The fraction of sp³-hybridized carbons (Fsp3) is 0.538. The summed E-state index contributed by atoms with van der Waals surface area (Å²) in [5.41, 5.74) is 0.928. The van der Waals surface area contributed by atoms with Gasteiger partial charge in [0.25, 0.3) is 0 Å². The van der Waals surface area contributed by atoms with Crippen LogP contribution in [0.3, 0.4) is 0 Å². The molecular formula is C13H17BrN4. The van der Waals surface area contributed by atoms with Crippen molar-refractivity contribution in [3.63, 3.8) is 0 Å². The molecule has 1 fully saturated rings. The van der Waals surface area contributed by atoms with Gasteiger partial charge in [-0.15, -0.1) is 10.2 Å². The molecule has 0 aromatic carbocycles. The van der Waals surface area contributed by atoms with E-state index in [1.165, 1.54) is 25.9 Å². The zero-order valence-corrected chi connectivity index (χ0v) is 12.1. The third-order valence-corrected chi connectivity index (χ3v) is 4.42. The van der Waals surface area contributed by atoms with Gasteiger partial charge >= 0.3 is 0 Å². The van der Waals surface area contributed by atoms with Crippen LogP contribution < -0.4 is 0 Å². The van der Waals surface area contributed by atoms with Gasteiger partial charge in [-0.05, 0) is 60.5 Å². The molecule has 2 aromatic heterocycles. The van der Waals surface area contributed by atoms with Gasteiger partial charge in [-0.25, -0.2) is 0 Å². The maximum absolute atomic E-state index is 4.40. The van der Waals surface area contributed by atoms with Crippen molar-refractivity contribution in [3.8, 4) is 0 Å². The number of aromatic nitrogens is 3. The van der Waals surface area contributed by atoms with Gasteiger partial charge in [0.1, 0.15) is 5.82 Å². The van der Waals surface area contributed by atoms with Crippen molar-refractivity contribution in [1.82, 2.24) is 19.5 Å². The second-order valence-corrected chi connectivity index (χ2v) is 5.62. The average Bonchev–Trinajstić information content (AvgIpc) is 2.84. The van der Waals surface area contributed by atoms with E-state index in [0.717, 1.165) is 22.6 Å². The standard InChI is InChI=1S/C13H17BrN4/c1-2-17-8-6-10(7-9-17)13-16-15-12-5-3-4-11(14)18(12)13/h3-5,10H,2,6-9H2,1H3. The van der Waals surface area contributed by atoms with Crippen LogP contribution in [0.1, 0.15) is 31.5 Å². The first kappa shape index (κ1) is 12.1. The number of fused-ring (bicyclic) bond motifs is 1. The van der Waals surface area contributed by atoms with E-state index in [0.29, 0.717) is 5.92 Å². The molecule has 1 aliphatic rings. The van der Waals surface area contributed by atoms with Gasteiger partial charge in [0.05, 0.1) is 4.60 Å². The average molecular weight is 309 g/mol. The van der Waals surface area contributed by atoms with E-state index >= 15 is 0 Å². The van der Waals surface area contributed by atoms with E-state index in [4.69, 9.17) is 0 Å². The first-order valence-electron chi connectivity index (χ1n) is 6.51. The maximum atomic E-state index is 4.40. The third kappa shape index (κ3) is 2.06. The summed E-state index contributed by atoms with van der Waals surface area (Å²) < 4.78 is 3.17. The molecule has 0 radical (unpaired) electrons. The first-order valence-corrected chi connectivity index (χ1v) is 7.30. The number of piperidine rings is 1. The van der Waals surface area contributed by atoms with Gasteiger partial charge in [0.2, 0.25) is 0 Å². The molecule has 0 spiro atoms. The number of pyridine rings is 1. The fourth-order valence-electron chi connectivity index (χ4n) is 2.70. The molecule has 96 valence electrons. The Balaban J connectivity index is 1.91. The van der Waals surface area contributed by atoms with Crippen molar-refractivity contribution in [2.45, 2.75) is 25.7 Å². The van der Waals surface area contributed by atoms with Gasteiger partial charge in [-0.2, -0.15) is 0 Å². The molecule has 2 aromatic rings. The number of likely N-dealkylation sites (tertiary alicyclic amines) is 1. The summed E-state index contributed by atoms with van der Waals surface area (Å²) in [6.07, 6.45) is 2.35. The van der Waals surface area contributed by atoms with Crippen LogP contribution in [-0.2, 0) is 0 Å². The lowest BCUT2D eigenvalue weighted by Crippen LogP contribution is -2.33. The van der Waals surface area contributed by atoms with E-state index in [-0.39, 0.29) is 0 Å². The van der Waals surface area contributed by atoms with Crippen molar-refractivity contribution >= 4 is 21.6 Å². The van der Waals surface area contributed by atoms with Crippen LogP contribution >= 0.6 is 15.9 Å². The molecule has 0 N–H and O–H groups in total. The number of nitrogens with zero attached hydrogens (tertiary/aromatic N) is 4. The molecule has 4 nitrogen and oxygen atoms in total. The molecule has 3 rings (SSSR count). The Morgan fingerprint density at radius 3 is 2.78 bits per heavy atom. The minimum absolute atomic E-state index is 0.529. The Bertz CT molecular complexity index is 543. The monoisotopic (exact) mass is 308 g/mol. The van der Waals surface area contributed by atoms with Crippen molar-refractivity contribution in [1.29, 1.82) is 0 Å². The van der Waals surface area contributed by atoms with Crippen LogP contribution in [0.5, 0.6) is 0 Å². The topological polar surface area (TPSA) is 33.4 Å². The summed E-state index contributed by atoms with van der Waals surface area (Å²) in [5.74, 6) is 1.63. The Hall–Kier alpha value is -0.940. The second-order valence-electron chi connectivity index (χ2n) is 4.81. The summed E-state index contributed by atoms with van der Waals surface area (Å²) in [7, 11) is 0. The third-order valence-electron chi connectivity index (χ3n) is 3.81. The van der Waals surface area contributed by atoms with Crippen LogP contribution in [-0.4, -0.2) is 39.1 Å². The van der Waals surface area contributed by atoms with E-state index in [1.54, 1.807) is 0 Å². The molecule has 3 heterocycles. The molecule has 0 bridgehead atoms. The van der Waals surface area contributed by atoms with E-state index < -0.39 is 0 Å². The van der Waals surface area contributed by atoms with Crippen LogP contribution in [0, 0.1) is 0 Å². The molecule has 5 heteroatoms. The van der Waals surface area contributed by atoms with E-state index in [9.17, 15) is 0 Å². The molecule has 1 saturated heterocycles. The molecule has 1 aliphatic heterocycles. The summed E-state index contributed by atoms with van der Waals surface area (Å²) >= 11 is 3.59. The predicted octanol–water partition coefficient (Wildman–Crippen LogP) is 2.69. The number of hydrogen-bond donors (Lipinski definition) is 0. The molecule has 0 amide bonds. The molecule has 0 saturated carbocycles. The Labute approximate surface area is 115 Å². The Morgan fingerprint density at radius 2 is 2.06 bits per heavy atom. The Kier molecular flexibility index (Phi) is 3.35. The van der Waals surface area contributed by atoms with Crippen molar-refractivity contribution in [2.24, 2.45) is 0 Å². The van der Waals surface area contributed by atoms with Gasteiger partial charge in [0.15, 0.2) is 5.65 Å². The molecular weight excluding hydrogens is 292 g/mol. The van der Waals surface area contributed by atoms with E-state index in [2.05, 4.69) is 42.4 Å². The number of hydrogen-bond acceptors (Lipinski definition) is 3. The van der Waals surface area contributed by atoms with E-state index in [1.807, 2.05) is 18.2 Å². The fourth-order valence-corrected chi connectivity index (χ4v) is 3.21. The highest BCUT2D eigenvalue weighted by molar-refractivity contribution is 9.10. The highest BCUT2D eigenvalue weighted by Gasteiger charge is 2.24. The summed E-state index contributed by atoms with van der Waals surface area (Å²) in [6.45, 7) is 5.71. The summed E-state index contributed by atoms with van der Waals surface area (Å²) in [6, 6.07) is 6.04. The molecule has 0 unspecified atom stereocenters. The van der Waals surface area contributed by atoms with Gasteiger partial charge in [-0.1, -0.05) is 13.0 Å². The summed E-state index contributed by atoms with van der Waals surface area (Å²) in [5, 5.41) is 8.66. The largest absolute Gasteiger partial charge is 0.304 e. The summed E-state index contributed by atoms with van der Waals surface area (Å²) in [4.78, 5) is 2.49. The normalized spacial score (nSPS) is 18.6. The number of rotatable bonds is 2. The molecule has 0 aliphatic carbocycles. The highest BCUT2D eigenvalue weighted by Crippen LogP contribution is 2.28. The van der Waals surface area contributed by atoms with Gasteiger partial charge in [-0.3, -0.25) is 4.40 Å². The van der Waals surface area contributed by atoms with Crippen molar-refractivity contribution < 1.29 is 0 Å². The SMILES string of the molecule is CCN1CCC(c2nnc3cccc(Br)n23)CC1. The quantitative estimate of drug-likeness (QED) is 0.800. The van der Waals surface area contributed by atoms with Crippen molar-refractivity contribution in [3.05, 3.63) is 28.6 Å².